The smallest absolute Gasteiger partial charge is 0.147 e. The number of nitrogens with zero attached hydrogens (tertiary/aromatic N) is 4. The van der Waals surface area contributed by atoms with Gasteiger partial charge in [-0.3, -0.25) is 0 Å². The van der Waals surface area contributed by atoms with E-state index in [0.29, 0.717) is 23.0 Å². The van der Waals surface area contributed by atoms with Crippen molar-refractivity contribution in [3.8, 4) is 0 Å². The molecule has 3 rings (SSSR count). The molecule has 0 radical (unpaired) electrons. The minimum atomic E-state index is 0.554. The van der Waals surface area contributed by atoms with Crippen molar-refractivity contribution in [1.29, 1.82) is 0 Å². The average molecular weight is 308 g/mol. The summed E-state index contributed by atoms with van der Waals surface area (Å²) < 4.78 is 15.6. The van der Waals surface area contributed by atoms with Crippen LogP contribution in [0.25, 0.3) is 0 Å². The molecule has 0 saturated heterocycles. The normalized spacial score (nSPS) is 12.5. The molecule has 0 aromatic carbocycles. The van der Waals surface area contributed by atoms with Crippen molar-refractivity contribution in [1.82, 2.24) is 0 Å². The summed E-state index contributed by atoms with van der Waals surface area (Å²) in [6.07, 6.45) is 9.12. The fourth-order valence-electron chi connectivity index (χ4n) is 1.60. The second-order valence-electron chi connectivity index (χ2n) is 4.25. The highest BCUT2D eigenvalue weighted by molar-refractivity contribution is 5.82. The summed E-state index contributed by atoms with van der Waals surface area (Å²) >= 11 is 0. The maximum atomic E-state index is 5.46. The molecular weight excluding hydrogens is 296 g/mol. The summed E-state index contributed by atoms with van der Waals surface area (Å²) in [6.45, 7) is 0. The molecule has 3 aromatic heterocycles. The fraction of sp³-hybridized carbons (Fsp3) is 0. The van der Waals surface area contributed by atoms with E-state index in [4.69, 9.17) is 13.3 Å². The summed E-state index contributed by atoms with van der Waals surface area (Å²) in [5.74, 6) is 2.36. The molecule has 0 aliphatic carbocycles. The Morgan fingerprint density at radius 2 is 1.00 bits per heavy atom. The SMILES string of the molecule is C(=N\N=C\c1ccc(/C=N/N=C/c2ccco2)o1)/c1ccco1. The summed E-state index contributed by atoms with van der Waals surface area (Å²) in [4.78, 5) is 0. The quantitative estimate of drug-likeness (QED) is 0.516. The molecule has 0 atom stereocenters. The first-order valence-corrected chi connectivity index (χ1v) is 6.70. The van der Waals surface area contributed by atoms with Gasteiger partial charge in [-0.25, -0.2) is 0 Å². The van der Waals surface area contributed by atoms with E-state index in [0.717, 1.165) is 0 Å². The highest BCUT2D eigenvalue weighted by Crippen LogP contribution is 2.04. The van der Waals surface area contributed by atoms with Crippen LogP contribution >= 0.6 is 0 Å². The minimum Gasteiger partial charge on any atom is -0.463 e. The highest BCUT2D eigenvalue weighted by Gasteiger charge is 1.96. The summed E-state index contributed by atoms with van der Waals surface area (Å²) in [5, 5.41) is 15.4. The molecule has 3 aromatic rings. The van der Waals surface area contributed by atoms with Crippen LogP contribution in [0.2, 0.25) is 0 Å². The standard InChI is InChI=1S/C16H12N4O3/c1-3-13(21-7-1)9-17-19-11-15-5-6-16(23-15)12-20-18-10-14-4-2-8-22-14/h1-12H/b17-9+,18-10+,19-11+,20-12+. The van der Waals surface area contributed by atoms with E-state index in [1.165, 1.54) is 24.9 Å². The van der Waals surface area contributed by atoms with E-state index >= 15 is 0 Å². The van der Waals surface area contributed by atoms with E-state index in [1.807, 2.05) is 0 Å². The maximum absolute atomic E-state index is 5.46. The van der Waals surface area contributed by atoms with Gasteiger partial charge in [-0.2, -0.15) is 20.4 Å². The molecule has 0 amide bonds. The van der Waals surface area contributed by atoms with Crippen molar-refractivity contribution >= 4 is 24.9 Å². The van der Waals surface area contributed by atoms with Crippen molar-refractivity contribution in [2.45, 2.75) is 0 Å². The van der Waals surface area contributed by atoms with Crippen LogP contribution in [0.1, 0.15) is 23.0 Å². The van der Waals surface area contributed by atoms with Crippen LogP contribution in [0.4, 0.5) is 0 Å². The maximum Gasteiger partial charge on any atom is 0.147 e. The third-order valence-electron chi connectivity index (χ3n) is 2.61. The van der Waals surface area contributed by atoms with E-state index in [-0.39, 0.29) is 0 Å². The molecule has 7 nitrogen and oxygen atoms in total. The van der Waals surface area contributed by atoms with Crippen LogP contribution < -0.4 is 0 Å². The van der Waals surface area contributed by atoms with E-state index in [9.17, 15) is 0 Å². The molecule has 3 heterocycles. The van der Waals surface area contributed by atoms with Crippen molar-refractivity contribution in [3.05, 3.63) is 72.0 Å². The Morgan fingerprint density at radius 3 is 1.39 bits per heavy atom. The minimum absolute atomic E-state index is 0.554. The molecule has 0 spiro atoms. The number of hydrogen-bond acceptors (Lipinski definition) is 7. The number of rotatable bonds is 6. The van der Waals surface area contributed by atoms with Gasteiger partial charge >= 0.3 is 0 Å². The Hall–Kier alpha value is -3.48. The van der Waals surface area contributed by atoms with Crippen molar-refractivity contribution < 1.29 is 13.3 Å². The van der Waals surface area contributed by atoms with Gasteiger partial charge in [-0.05, 0) is 36.4 Å². The predicted molar refractivity (Wildman–Crippen MR) is 86.5 cm³/mol. The molecule has 0 N–H and O–H groups in total. The molecule has 23 heavy (non-hydrogen) atoms. The Morgan fingerprint density at radius 1 is 0.565 bits per heavy atom. The van der Waals surface area contributed by atoms with Crippen LogP contribution in [0.5, 0.6) is 0 Å². The Labute approximate surface area is 131 Å². The Kier molecular flexibility index (Phi) is 4.72. The Balaban J connectivity index is 1.53. The molecule has 114 valence electrons. The van der Waals surface area contributed by atoms with Gasteiger partial charge in [0.25, 0.3) is 0 Å². The average Bonchev–Trinajstić information content (AvgIpc) is 3.31. The topological polar surface area (TPSA) is 88.9 Å². The van der Waals surface area contributed by atoms with Gasteiger partial charge < -0.3 is 13.3 Å². The van der Waals surface area contributed by atoms with Crippen LogP contribution in [0.3, 0.4) is 0 Å². The molecule has 0 fully saturated rings. The highest BCUT2D eigenvalue weighted by atomic mass is 16.3. The van der Waals surface area contributed by atoms with Crippen LogP contribution in [-0.4, -0.2) is 24.9 Å². The van der Waals surface area contributed by atoms with Crippen molar-refractivity contribution in [2.75, 3.05) is 0 Å². The van der Waals surface area contributed by atoms with Crippen molar-refractivity contribution in [2.24, 2.45) is 20.4 Å². The zero-order valence-electron chi connectivity index (χ0n) is 11.9. The summed E-state index contributed by atoms with van der Waals surface area (Å²) in [5.41, 5.74) is 0. The van der Waals surface area contributed by atoms with Crippen LogP contribution in [-0.2, 0) is 0 Å². The van der Waals surface area contributed by atoms with Crippen molar-refractivity contribution in [3.63, 3.8) is 0 Å². The third kappa shape index (κ3) is 4.50. The fourth-order valence-corrected chi connectivity index (χ4v) is 1.60. The van der Waals surface area contributed by atoms with Gasteiger partial charge in [-0.15, -0.1) is 0 Å². The van der Waals surface area contributed by atoms with Gasteiger partial charge in [0.15, 0.2) is 0 Å². The predicted octanol–water partition coefficient (Wildman–Crippen LogP) is 3.37. The second kappa shape index (κ2) is 7.51. The zero-order valence-corrected chi connectivity index (χ0v) is 11.9. The molecule has 0 bridgehead atoms. The van der Waals surface area contributed by atoms with Gasteiger partial charge in [0.05, 0.1) is 37.4 Å². The van der Waals surface area contributed by atoms with Gasteiger partial charge in [0.1, 0.15) is 23.0 Å². The number of hydrogen-bond donors (Lipinski definition) is 0. The first-order chi connectivity index (χ1) is 11.4. The Bertz CT molecular complexity index is 756. The number of furan rings is 3. The molecule has 7 heteroatoms. The summed E-state index contributed by atoms with van der Waals surface area (Å²) in [6, 6.07) is 10.6. The third-order valence-corrected chi connectivity index (χ3v) is 2.61. The lowest BCUT2D eigenvalue weighted by atomic mass is 10.4. The first-order valence-electron chi connectivity index (χ1n) is 6.70. The first kappa shape index (κ1) is 14.5. The zero-order chi connectivity index (χ0) is 15.7. The summed E-state index contributed by atoms with van der Waals surface area (Å²) in [7, 11) is 0. The van der Waals surface area contributed by atoms with Crippen LogP contribution in [0.15, 0.2) is 82.6 Å². The molecular formula is C16H12N4O3. The lowest BCUT2D eigenvalue weighted by molar-refractivity contribution is 0.552. The largest absolute Gasteiger partial charge is 0.463 e. The van der Waals surface area contributed by atoms with E-state index in [1.54, 1.807) is 48.9 Å². The second-order valence-corrected chi connectivity index (χ2v) is 4.25. The molecule has 0 aliphatic heterocycles. The monoisotopic (exact) mass is 308 g/mol. The molecule has 0 aliphatic rings. The van der Waals surface area contributed by atoms with E-state index < -0.39 is 0 Å². The lowest BCUT2D eigenvalue weighted by Crippen LogP contribution is -1.77. The van der Waals surface area contributed by atoms with Gasteiger partial charge in [0, 0.05) is 0 Å². The molecule has 0 saturated carbocycles. The van der Waals surface area contributed by atoms with Gasteiger partial charge in [0.2, 0.25) is 0 Å². The lowest BCUT2D eigenvalue weighted by Gasteiger charge is -1.84. The molecule has 0 unspecified atom stereocenters. The van der Waals surface area contributed by atoms with E-state index in [2.05, 4.69) is 20.4 Å². The van der Waals surface area contributed by atoms with Crippen LogP contribution in [0, 0.1) is 0 Å². The van der Waals surface area contributed by atoms with Gasteiger partial charge in [-0.1, -0.05) is 0 Å².